The summed E-state index contributed by atoms with van der Waals surface area (Å²) >= 11 is 0. The number of ketones is 1. The van der Waals surface area contributed by atoms with Gasteiger partial charge in [0.25, 0.3) is 11.7 Å². The van der Waals surface area contributed by atoms with Gasteiger partial charge in [0.1, 0.15) is 17.6 Å². The first kappa shape index (κ1) is 29.9. The fourth-order valence-corrected chi connectivity index (χ4v) is 5.74. The number of carbonyl (C=O) groups is 2. The molecule has 0 saturated carbocycles. The zero-order valence-electron chi connectivity index (χ0n) is 25.1. The van der Waals surface area contributed by atoms with Gasteiger partial charge in [-0.1, -0.05) is 19.9 Å². The number of nitrogens with zero attached hydrogens (tertiary/aromatic N) is 2. The molecule has 0 aromatic heterocycles. The molecule has 2 saturated heterocycles. The summed E-state index contributed by atoms with van der Waals surface area (Å²) in [5.74, 6) is 0.921. The van der Waals surface area contributed by atoms with Crippen molar-refractivity contribution in [3.63, 3.8) is 0 Å². The highest BCUT2D eigenvalue weighted by molar-refractivity contribution is 6.46. The van der Waals surface area contributed by atoms with E-state index >= 15 is 0 Å². The molecule has 2 aromatic rings. The van der Waals surface area contributed by atoms with E-state index in [0.717, 1.165) is 30.8 Å². The third-order valence-corrected chi connectivity index (χ3v) is 8.01. The number of benzene rings is 2. The number of carbonyl (C=O) groups excluding carboxylic acids is 2. The van der Waals surface area contributed by atoms with Crippen molar-refractivity contribution in [1.29, 1.82) is 0 Å². The number of likely N-dealkylation sites (tertiary alicyclic amines) is 1. The SMILES string of the molecule is CCOc1cc([C@H]2C(=C(O)c3ccc4c(c3)C[C@H](C)O4)C(=O)C(=O)N2CCN2CCOCC2)ccc1OCCC(C)C. The van der Waals surface area contributed by atoms with Crippen LogP contribution in [0.5, 0.6) is 17.2 Å². The first-order chi connectivity index (χ1) is 20.3. The Balaban J connectivity index is 1.53. The standard InChI is InChI=1S/C33H42N2O7/c1-5-40-28-20-23(6-9-27(28)41-15-10-21(2)3)30-29(31(36)24-7-8-26-25(19-24)18-22(4)42-26)32(37)33(38)35(30)12-11-34-13-16-39-17-14-34/h6-9,19-22,30,36H,5,10-18H2,1-4H3/t22-,30-/m0/s1. The molecule has 2 aromatic carbocycles. The number of aliphatic hydroxyl groups excluding tert-OH is 1. The molecule has 0 spiro atoms. The quantitative estimate of drug-likeness (QED) is 0.235. The lowest BCUT2D eigenvalue weighted by Gasteiger charge is -2.31. The van der Waals surface area contributed by atoms with Crippen molar-refractivity contribution in [2.45, 2.75) is 52.7 Å². The van der Waals surface area contributed by atoms with Crippen LogP contribution in [-0.2, 0) is 20.7 Å². The van der Waals surface area contributed by atoms with Gasteiger partial charge in [0.15, 0.2) is 11.5 Å². The third-order valence-electron chi connectivity index (χ3n) is 8.01. The highest BCUT2D eigenvalue weighted by atomic mass is 16.5. The number of aliphatic hydroxyl groups is 1. The smallest absolute Gasteiger partial charge is 0.295 e. The van der Waals surface area contributed by atoms with E-state index in [1.165, 1.54) is 0 Å². The van der Waals surface area contributed by atoms with Gasteiger partial charge in [-0.15, -0.1) is 0 Å². The molecule has 2 atom stereocenters. The van der Waals surface area contributed by atoms with Gasteiger partial charge in [-0.05, 0) is 67.6 Å². The monoisotopic (exact) mass is 578 g/mol. The molecule has 42 heavy (non-hydrogen) atoms. The van der Waals surface area contributed by atoms with Crippen molar-refractivity contribution in [1.82, 2.24) is 9.80 Å². The highest BCUT2D eigenvalue weighted by Gasteiger charge is 2.46. The van der Waals surface area contributed by atoms with Crippen molar-refractivity contribution in [3.8, 4) is 17.2 Å². The Morgan fingerprint density at radius 2 is 1.83 bits per heavy atom. The van der Waals surface area contributed by atoms with E-state index in [9.17, 15) is 14.7 Å². The van der Waals surface area contributed by atoms with Crippen LogP contribution in [0.4, 0.5) is 0 Å². The minimum atomic E-state index is -0.779. The Hall–Kier alpha value is -3.56. The van der Waals surface area contributed by atoms with Crippen molar-refractivity contribution in [2.75, 3.05) is 52.6 Å². The topological polar surface area (TPSA) is 97.8 Å². The Bertz CT molecular complexity index is 1330. The summed E-state index contributed by atoms with van der Waals surface area (Å²) in [4.78, 5) is 30.9. The number of rotatable bonds is 11. The molecular formula is C33H42N2O7. The van der Waals surface area contributed by atoms with Gasteiger partial charge >= 0.3 is 0 Å². The van der Waals surface area contributed by atoms with Gasteiger partial charge < -0.3 is 29.0 Å². The molecule has 0 unspecified atom stereocenters. The van der Waals surface area contributed by atoms with Crippen LogP contribution in [0.15, 0.2) is 42.0 Å². The fraction of sp³-hybridized carbons (Fsp3) is 0.515. The molecule has 0 radical (unpaired) electrons. The van der Waals surface area contributed by atoms with E-state index in [1.54, 1.807) is 11.0 Å². The molecule has 0 aliphatic carbocycles. The number of amides is 1. The number of ether oxygens (including phenoxy) is 4. The van der Waals surface area contributed by atoms with Crippen LogP contribution < -0.4 is 14.2 Å². The molecule has 2 fully saturated rings. The summed E-state index contributed by atoms with van der Waals surface area (Å²) in [5.41, 5.74) is 2.20. The van der Waals surface area contributed by atoms with Gasteiger partial charge in [-0.25, -0.2) is 0 Å². The zero-order chi connectivity index (χ0) is 29.8. The molecule has 226 valence electrons. The average molecular weight is 579 g/mol. The molecule has 9 nitrogen and oxygen atoms in total. The number of Topliss-reactive ketones (excluding diaryl/α,β-unsaturated/α-hetero) is 1. The summed E-state index contributed by atoms with van der Waals surface area (Å²) < 4.78 is 23.3. The lowest BCUT2D eigenvalue weighted by Crippen LogP contribution is -2.42. The van der Waals surface area contributed by atoms with Crippen LogP contribution in [0.1, 0.15) is 56.8 Å². The second-order valence-electron chi connectivity index (χ2n) is 11.6. The van der Waals surface area contributed by atoms with Crippen LogP contribution in [0.25, 0.3) is 5.76 Å². The first-order valence-corrected chi connectivity index (χ1v) is 15.0. The normalized spacial score (nSPS) is 22.0. The second-order valence-corrected chi connectivity index (χ2v) is 11.6. The van der Waals surface area contributed by atoms with Crippen LogP contribution in [0.2, 0.25) is 0 Å². The van der Waals surface area contributed by atoms with Crippen molar-refractivity contribution in [3.05, 3.63) is 58.7 Å². The maximum absolute atomic E-state index is 13.6. The molecule has 5 rings (SSSR count). The minimum Gasteiger partial charge on any atom is -0.507 e. The van der Waals surface area contributed by atoms with Gasteiger partial charge in [-0.2, -0.15) is 0 Å². The zero-order valence-corrected chi connectivity index (χ0v) is 25.1. The van der Waals surface area contributed by atoms with Crippen LogP contribution in [-0.4, -0.2) is 85.3 Å². The van der Waals surface area contributed by atoms with E-state index in [1.807, 2.05) is 44.2 Å². The molecule has 9 heteroatoms. The molecule has 1 N–H and O–H groups in total. The van der Waals surface area contributed by atoms with Gasteiger partial charge in [-0.3, -0.25) is 14.5 Å². The number of hydrogen-bond donors (Lipinski definition) is 1. The van der Waals surface area contributed by atoms with Crippen molar-refractivity contribution in [2.24, 2.45) is 5.92 Å². The molecule has 3 aliphatic heterocycles. The molecule has 1 amide bonds. The minimum absolute atomic E-state index is 0.0430. The molecule has 3 heterocycles. The van der Waals surface area contributed by atoms with E-state index in [2.05, 4.69) is 18.7 Å². The summed E-state index contributed by atoms with van der Waals surface area (Å²) in [6.45, 7) is 12.9. The van der Waals surface area contributed by atoms with E-state index < -0.39 is 17.7 Å². The van der Waals surface area contributed by atoms with Gasteiger partial charge in [0, 0.05) is 38.2 Å². The Labute approximate surface area is 248 Å². The number of hydrogen-bond acceptors (Lipinski definition) is 8. The first-order valence-electron chi connectivity index (χ1n) is 15.0. The largest absolute Gasteiger partial charge is 0.507 e. The molecule has 0 bridgehead atoms. The molecule has 3 aliphatic rings. The van der Waals surface area contributed by atoms with Gasteiger partial charge in [0.2, 0.25) is 0 Å². The molecular weight excluding hydrogens is 536 g/mol. The lowest BCUT2D eigenvalue weighted by molar-refractivity contribution is -0.140. The maximum Gasteiger partial charge on any atom is 0.295 e. The summed E-state index contributed by atoms with van der Waals surface area (Å²) in [5, 5.41) is 11.6. The van der Waals surface area contributed by atoms with Crippen molar-refractivity contribution < 1.29 is 33.6 Å². The van der Waals surface area contributed by atoms with Crippen molar-refractivity contribution >= 4 is 17.4 Å². The highest BCUT2D eigenvalue weighted by Crippen LogP contribution is 2.43. The Kier molecular flexibility index (Phi) is 9.38. The average Bonchev–Trinajstić information content (AvgIpc) is 3.47. The third kappa shape index (κ3) is 6.42. The van der Waals surface area contributed by atoms with E-state index in [4.69, 9.17) is 18.9 Å². The maximum atomic E-state index is 13.6. The Morgan fingerprint density at radius 3 is 2.57 bits per heavy atom. The van der Waals surface area contributed by atoms with Gasteiger partial charge in [0.05, 0.1) is 38.0 Å². The second kappa shape index (κ2) is 13.2. The number of morpholine rings is 1. The van der Waals surface area contributed by atoms with Crippen LogP contribution >= 0.6 is 0 Å². The summed E-state index contributed by atoms with van der Waals surface area (Å²) in [7, 11) is 0. The number of fused-ring (bicyclic) bond motifs is 1. The van der Waals surface area contributed by atoms with Crippen LogP contribution in [0, 0.1) is 5.92 Å². The predicted octanol–water partition coefficient (Wildman–Crippen LogP) is 4.59. The van der Waals surface area contributed by atoms with E-state index in [0.29, 0.717) is 74.5 Å². The van der Waals surface area contributed by atoms with E-state index in [-0.39, 0.29) is 17.4 Å². The summed E-state index contributed by atoms with van der Waals surface area (Å²) in [6.07, 6.45) is 1.66. The van der Waals surface area contributed by atoms with Crippen LogP contribution in [0.3, 0.4) is 0 Å². The lowest BCUT2D eigenvalue weighted by atomic mass is 9.94. The summed E-state index contributed by atoms with van der Waals surface area (Å²) in [6, 6.07) is 10.1. The Morgan fingerprint density at radius 1 is 1.05 bits per heavy atom. The fourth-order valence-electron chi connectivity index (χ4n) is 5.74. The predicted molar refractivity (Wildman–Crippen MR) is 159 cm³/mol.